The second-order valence-electron chi connectivity index (χ2n) is 4.73. The fourth-order valence-corrected chi connectivity index (χ4v) is 2.42. The molecule has 0 fully saturated rings. The maximum absolute atomic E-state index is 8.49. The SMILES string of the molecule is Cc1cc(C)c2c(ccc3cccc[n+]32)c1.[O-][Cl+3]([O-])([O-])[O-]. The topological polar surface area (TPSA) is 96.3 Å². The molecule has 5 nitrogen and oxygen atoms in total. The molecular weight excluding hydrogens is 294 g/mol. The van der Waals surface area contributed by atoms with E-state index in [1.165, 1.54) is 27.5 Å². The molecule has 0 aliphatic heterocycles. The van der Waals surface area contributed by atoms with Gasteiger partial charge in [0.15, 0.2) is 6.20 Å². The Kier molecular flexibility index (Phi) is 4.41. The highest BCUT2D eigenvalue weighted by Gasteiger charge is 2.10. The zero-order chi connectivity index (χ0) is 15.6. The third-order valence-corrected chi connectivity index (χ3v) is 3.04. The molecule has 3 aromatic rings. The van der Waals surface area contributed by atoms with Crippen molar-refractivity contribution < 1.29 is 33.3 Å². The van der Waals surface area contributed by atoms with Gasteiger partial charge in [0, 0.05) is 29.1 Å². The van der Waals surface area contributed by atoms with Gasteiger partial charge < -0.3 is 0 Å². The minimum Gasteiger partial charge on any atom is -0.222 e. The number of halogens is 1. The van der Waals surface area contributed by atoms with E-state index in [0.717, 1.165) is 0 Å². The standard InChI is InChI=1S/C15H14N.ClHO4/c1-11-9-12(2)15-13(10-11)6-7-14-5-3-4-8-16(14)15;2-1(3,4)5/h3-10H,1-2H3;(H,2,3,4,5)/q+1;/p-1. The molecule has 1 aromatic carbocycles. The number of pyridine rings is 2. The zero-order valence-electron chi connectivity index (χ0n) is 11.6. The number of benzene rings is 1. The number of aryl methyl sites for hydroxylation is 2. The number of aromatic nitrogens is 1. The van der Waals surface area contributed by atoms with Gasteiger partial charge in [0.1, 0.15) is 0 Å². The highest BCUT2D eigenvalue weighted by atomic mass is 35.7. The first-order chi connectivity index (χ1) is 9.75. The van der Waals surface area contributed by atoms with Gasteiger partial charge in [-0.3, -0.25) is 0 Å². The van der Waals surface area contributed by atoms with Crippen molar-refractivity contribution in [3.05, 3.63) is 59.8 Å². The minimum atomic E-state index is -4.94. The maximum atomic E-state index is 8.49. The van der Waals surface area contributed by atoms with Crippen LogP contribution in [0.4, 0.5) is 0 Å². The summed E-state index contributed by atoms with van der Waals surface area (Å²) >= 11 is 0. The predicted molar refractivity (Wildman–Crippen MR) is 66.6 cm³/mol. The van der Waals surface area contributed by atoms with Crippen molar-refractivity contribution >= 4 is 16.4 Å². The summed E-state index contributed by atoms with van der Waals surface area (Å²) in [5, 5.41) is 1.31. The summed E-state index contributed by atoms with van der Waals surface area (Å²) in [5.41, 5.74) is 5.20. The lowest BCUT2D eigenvalue weighted by Gasteiger charge is -2.17. The van der Waals surface area contributed by atoms with Gasteiger partial charge in [-0.15, -0.1) is 10.2 Å². The average molecular weight is 308 g/mol. The van der Waals surface area contributed by atoms with E-state index in [1.807, 2.05) is 0 Å². The van der Waals surface area contributed by atoms with Crippen LogP contribution >= 0.6 is 0 Å². The van der Waals surface area contributed by atoms with Crippen molar-refractivity contribution in [2.75, 3.05) is 0 Å². The highest BCUT2D eigenvalue weighted by molar-refractivity contribution is 5.81. The van der Waals surface area contributed by atoms with Crippen molar-refractivity contribution in [1.29, 1.82) is 0 Å². The fourth-order valence-electron chi connectivity index (χ4n) is 2.42. The van der Waals surface area contributed by atoms with Crippen LogP contribution in [0.1, 0.15) is 11.1 Å². The molecule has 0 aliphatic rings. The summed E-state index contributed by atoms with van der Waals surface area (Å²) in [4.78, 5) is 0. The van der Waals surface area contributed by atoms with Crippen molar-refractivity contribution in [3.8, 4) is 0 Å². The van der Waals surface area contributed by atoms with Gasteiger partial charge in [-0.25, -0.2) is 18.6 Å². The molecule has 110 valence electrons. The van der Waals surface area contributed by atoms with Crippen LogP contribution in [0, 0.1) is 24.1 Å². The Balaban J connectivity index is 0.000000282. The molecular formula is C15H14ClNO4. The molecule has 0 bridgehead atoms. The van der Waals surface area contributed by atoms with E-state index in [0.29, 0.717) is 0 Å². The number of rotatable bonds is 0. The number of nitrogens with zero attached hydrogens (tertiary/aromatic N) is 1. The first-order valence-corrected chi connectivity index (χ1v) is 7.41. The van der Waals surface area contributed by atoms with Crippen molar-refractivity contribution in [2.45, 2.75) is 13.8 Å². The second kappa shape index (κ2) is 5.93. The minimum absolute atomic E-state index is 1.24. The zero-order valence-corrected chi connectivity index (χ0v) is 12.3. The summed E-state index contributed by atoms with van der Waals surface area (Å²) in [7, 11) is -4.94. The van der Waals surface area contributed by atoms with Crippen molar-refractivity contribution in [1.82, 2.24) is 0 Å². The van der Waals surface area contributed by atoms with Crippen LogP contribution < -0.4 is 23.0 Å². The van der Waals surface area contributed by atoms with Crippen LogP contribution in [-0.4, -0.2) is 0 Å². The summed E-state index contributed by atoms with van der Waals surface area (Å²) < 4.78 is 36.2. The molecule has 6 heteroatoms. The Hall–Kier alpha value is -1.76. The molecule has 2 heterocycles. The largest absolute Gasteiger partial charge is 0.222 e. The van der Waals surface area contributed by atoms with Gasteiger partial charge >= 0.3 is 0 Å². The Morgan fingerprint density at radius 2 is 1.57 bits per heavy atom. The molecule has 0 N–H and O–H groups in total. The van der Waals surface area contributed by atoms with Gasteiger partial charge in [-0.05, 0) is 43.7 Å². The molecule has 0 saturated carbocycles. The first-order valence-electron chi connectivity index (χ1n) is 6.18. The Bertz CT molecular complexity index is 778. The predicted octanol–water partition coefficient (Wildman–Crippen LogP) is -1.56. The third-order valence-electron chi connectivity index (χ3n) is 3.04. The van der Waals surface area contributed by atoms with E-state index in [-0.39, 0.29) is 0 Å². The second-order valence-corrected chi connectivity index (χ2v) is 5.48. The first kappa shape index (κ1) is 15.6. The smallest absolute Gasteiger partial charge is 0.221 e. The summed E-state index contributed by atoms with van der Waals surface area (Å²) in [6.07, 6.45) is 2.12. The van der Waals surface area contributed by atoms with Crippen LogP contribution in [-0.2, 0) is 0 Å². The van der Waals surface area contributed by atoms with E-state index in [4.69, 9.17) is 18.6 Å². The third kappa shape index (κ3) is 4.10. The molecule has 3 rings (SSSR count). The van der Waals surface area contributed by atoms with Gasteiger partial charge in [0.25, 0.3) is 0 Å². The summed E-state index contributed by atoms with van der Waals surface area (Å²) in [6.45, 7) is 4.32. The van der Waals surface area contributed by atoms with Gasteiger partial charge in [-0.2, -0.15) is 4.40 Å². The molecule has 0 aliphatic carbocycles. The maximum Gasteiger partial charge on any atom is 0.221 e. The van der Waals surface area contributed by atoms with E-state index in [1.54, 1.807) is 0 Å². The molecule has 2 aromatic heterocycles. The van der Waals surface area contributed by atoms with Crippen LogP contribution in [0.15, 0.2) is 48.7 Å². The van der Waals surface area contributed by atoms with Gasteiger partial charge in [-0.1, -0.05) is 0 Å². The Morgan fingerprint density at radius 1 is 0.905 bits per heavy atom. The van der Waals surface area contributed by atoms with Crippen LogP contribution in [0.3, 0.4) is 0 Å². The van der Waals surface area contributed by atoms with E-state index >= 15 is 0 Å². The lowest BCUT2D eigenvalue weighted by atomic mass is 10.1. The lowest BCUT2D eigenvalue weighted by Crippen LogP contribution is -2.68. The Labute approximate surface area is 124 Å². The van der Waals surface area contributed by atoms with E-state index in [9.17, 15) is 0 Å². The van der Waals surface area contributed by atoms with E-state index in [2.05, 4.69) is 66.9 Å². The van der Waals surface area contributed by atoms with Gasteiger partial charge in [0.2, 0.25) is 11.0 Å². The molecule has 0 radical (unpaired) electrons. The van der Waals surface area contributed by atoms with Crippen molar-refractivity contribution in [2.24, 2.45) is 0 Å². The van der Waals surface area contributed by atoms with Crippen LogP contribution in [0.2, 0.25) is 0 Å². The van der Waals surface area contributed by atoms with Crippen LogP contribution in [0.25, 0.3) is 16.4 Å². The average Bonchev–Trinajstić information content (AvgIpc) is 2.35. The summed E-state index contributed by atoms with van der Waals surface area (Å²) in [5.74, 6) is 0. The quantitative estimate of drug-likeness (QED) is 0.370. The molecule has 21 heavy (non-hydrogen) atoms. The Morgan fingerprint density at radius 3 is 2.24 bits per heavy atom. The summed E-state index contributed by atoms with van der Waals surface area (Å²) in [6, 6.07) is 15.1. The highest BCUT2D eigenvalue weighted by Crippen LogP contribution is 2.17. The van der Waals surface area contributed by atoms with Gasteiger partial charge in [0.05, 0.1) is 0 Å². The van der Waals surface area contributed by atoms with Crippen LogP contribution in [0.5, 0.6) is 0 Å². The molecule has 0 saturated heterocycles. The number of hydrogen-bond acceptors (Lipinski definition) is 4. The van der Waals surface area contributed by atoms with E-state index < -0.39 is 10.2 Å². The molecule has 0 spiro atoms. The molecule has 0 amide bonds. The molecule has 0 unspecified atom stereocenters. The number of hydrogen-bond donors (Lipinski definition) is 0. The number of fused-ring (bicyclic) bond motifs is 3. The normalized spacial score (nSPS) is 11.3. The fraction of sp³-hybridized carbons (Fsp3) is 0.133. The lowest BCUT2D eigenvalue weighted by molar-refractivity contribution is -2.00. The molecule has 0 atom stereocenters. The van der Waals surface area contributed by atoms with Crippen molar-refractivity contribution in [3.63, 3.8) is 0 Å². The monoisotopic (exact) mass is 307 g/mol.